The number of carbonyl (C=O) groups excluding carboxylic acids is 2. The molecular formula is C24H21F3N4O4. The molecule has 2 aromatic carbocycles. The molecule has 3 N–H and O–H groups in total. The average Bonchev–Trinajstić information content (AvgIpc) is 2.79. The highest BCUT2D eigenvalue weighted by Crippen LogP contribution is 2.41. The molecule has 0 aliphatic heterocycles. The van der Waals surface area contributed by atoms with Gasteiger partial charge in [0.1, 0.15) is 0 Å². The van der Waals surface area contributed by atoms with Crippen LogP contribution in [0.15, 0.2) is 60.8 Å². The molecule has 0 radical (unpaired) electrons. The van der Waals surface area contributed by atoms with Gasteiger partial charge >= 0.3 is 12.3 Å². The molecule has 3 rings (SSSR count). The highest BCUT2D eigenvalue weighted by atomic mass is 19.4. The number of rotatable bonds is 7. The number of nitrogens with zero attached hydrogens (tertiary/aromatic N) is 2. The molecular weight excluding hydrogens is 465 g/mol. The fourth-order valence-electron chi connectivity index (χ4n) is 3.34. The van der Waals surface area contributed by atoms with Gasteiger partial charge in [-0.05, 0) is 30.3 Å². The van der Waals surface area contributed by atoms with Crippen molar-refractivity contribution >= 4 is 34.8 Å². The Morgan fingerprint density at radius 1 is 0.971 bits per heavy atom. The molecule has 0 atom stereocenters. The van der Waals surface area contributed by atoms with Gasteiger partial charge in [0.15, 0.2) is 5.78 Å². The van der Waals surface area contributed by atoms with E-state index in [2.05, 4.69) is 10.3 Å². The van der Waals surface area contributed by atoms with Crippen LogP contribution >= 0.6 is 0 Å². The number of anilines is 3. The number of aromatic nitrogens is 1. The van der Waals surface area contributed by atoms with Gasteiger partial charge in [-0.1, -0.05) is 24.3 Å². The van der Waals surface area contributed by atoms with Crippen molar-refractivity contribution < 1.29 is 32.7 Å². The summed E-state index contributed by atoms with van der Waals surface area (Å²) in [7, 11) is 2.73. The molecule has 3 aromatic rings. The first-order valence-corrected chi connectivity index (χ1v) is 10.2. The summed E-state index contributed by atoms with van der Waals surface area (Å²) in [5.41, 5.74) is -0.594. The first-order chi connectivity index (χ1) is 16.5. The first kappa shape index (κ1) is 25.2. The lowest BCUT2D eigenvalue weighted by atomic mass is 10.0. The monoisotopic (exact) mass is 486 g/mol. The van der Waals surface area contributed by atoms with E-state index in [1.165, 1.54) is 25.1 Å². The van der Waals surface area contributed by atoms with Gasteiger partial charge in [-0.3, -0.25) is 19.9 Å². The van der Waals surface area contributed by atoms with Gasteiger partial charge in [0.25, 0.3) is 0 Å². The third-order valence-electron chi connectivity index (χ3n) is 4.91. The third-order valence-corrected chi connectivity index (χ3v) is 4.91. The first-order valence-electron chi connectivity index (χ1n) is 10.2. The highest BCUT2D eigenvalue weighted by molar-refractivity contribution is 6.12. The molecule has 0 aliphatic rings. The SMILES string of the molecule is CN(C)c1cc(NC(=O)O)c(NC(=O)CC(=O)c2cccc(-c3ccccn3)c2)cc1C(F)(F)F. The molecule has 0 saturated heterocycles. The maximum atomic E-state index is 13.6. The number of alkyl halides is 3. The van der Waals surface area contributed by atoms with Gasteiger partial charge in [-0.15, -0.1) is 0 Å². The van der Waals surface area contributed by atoms with Crippen molar-refractivity contribution in [2.75, 3.05) is 29.6 Å². The lowest BCUT2D eigenvalue weighted by Crippen LogP contribution is -2.21. The van der Waals surface area contributed by atoms with E-state index in [0.29, 0.717) is 17.3 Å². The molecule has 0 saturated carbocycles. The van der Waals surface area contributed by atoms with Gasteiger partial charge in [-0.2, -0.15) is 13.2 Å². The van der Waals surface area contributed by atoms with Gasteiger partial charge in [-0.25, -0.2) is 4.79 Å². The minimum atomic E-state index is -4.78. The van der Waals surface area contributed by atoms with Crippen LogP contribution in [0.2, 0.25) is 0 Å². The minimum Gasteiger partial charge on any atom is -0.465 e. The number of carbonyl (C=O) groups is 3. The fraction of sp³-hybridized carbons (Fsp3) is 0.167. The second-order valence-corrected chi connectivity index (χ2v) is 7.68. The molecule has 0 aliphatic carbocycles. The van der Waals surface area contributed by atoms with E-state index in [9.17, 15) is 27.6 Å². The predicted octanol–water partition coefficient (Wildman–Crippen LogP) is 5.13. The molecule has 2 amide bonds. The van der Waals surface area contributed by atoms with Crippen molar-refractivity contribution in [2.24, 2.45) is 0 Å². The molecule has 1 heterocycles. The van der Waals surface area contributed by atoms with E-state index in [1.807, 2.05) is 5.32 Å². The Kier molecular flexibility index (Phi) is 7.38. The zero-order chi connectivity index (χ0) is 25.8. The lowest BCUT2D eigenvalue weighted by Gasteiger charge is -2.22. The number of benzene rings is 2. The van der Waals surface area contributed by atoms with Crippen LogP contribution < -0.4 is 15.5 Å². The van der Waals surface area contributed by atoms with Gasteiger partial charge in [0, 0.05) is 31.4 Å². The number of ketones is 1. The molecule has 0 unspecified atom stereocenters. The lowest BCUT2D eigenvalue weighted by molar-refractivity contribution is -0.137. The second kappa shape index (κ2) is 10.2. The van der Waals surface area contributed by atoms with Crippen molar-refractivity contribution in [2.45, 2.75) is 12.6 Å². The van der Waals surface area contributed by atoms with Crippen LogP contribution in [0.3, 0.4) is 0 Å². The summed E-state index contributed by atoms with van der Waals surface area (Å²) in [5, 5.41) is 13.3. The van der Waals surface area contributed by atoms with Gasteiger partial charge in [0.05, 0.1) is 34.7 Å². The molecule has 182 valence electrons. The number of carboxylic acid groups (broad SMARTS) is 1. The van der Waals surface area contributed by atoms with Crippen molar-refractivity contribution in [1.29, 1.82) is 0 Å². The number of amides is 2. The molecule has 11 heteroatoms. The number of nitrogens with one attached hydrogen (secondary N) is 2. The zero-order valence-electron chi connectivity index (χ0n) is 18.7. The third kappa shape index (κ3) is 6.34. The van der Waals surface area contributed by atoms with E-state index < -0.39 is 41.6 Å². The van der Waals surface area contributed by atoms with Crippen LogP contribution in [0.5, 0.6) is 0 Å². The van der Waals surface area contributed by atoms with Crippen molar-refractivity contribution in [3.05, 3.63) is 71.9 Å². The number of hydrogen-bond donors (Lipinski definition) is 3. The number of hydrogen-bond acceptors (Lipinski definition) is 5. The summed E-state index contributed by atoms with van der Waals surface area (Å²) >= 11 is 0. The Bertz CT molecular complexity index is 1260. The average molecular weight is 486 g/mol. The Labute approximate surface area is 198 Å². The van der Waals surface area contributed by atoms with Crippen LogP contribution in [0.1, 0.15) is 22.3 Å². The second-order valence-electron chi connectivity index (χ2n) is 7.68. The van der Waals surface area contributed by atoms with E-state index in [1.54, 1.807) is 42.6 Å². The van der Waals surface area contributed by atoms with Crippen LogP contribution in [0.25, 0.3) is 11.3 Å². The Balaban J connectivity index is 1.86. The summed E-state index contributed by atoms with van der Waals surface area (Å²) < 4.78 is 40.8. The summed E-state index contributed by atoms with van der Waals surface area (Å²) in [6.45, 7) is 0. The maximum Gasteiger partial charge on any atom is 0.418 e. The van der Waals surface area contributed by atoms with E-state index in [-0.39, 0.29) is 16.9 Å². The summed E-state index contributed by atoms with van der Waals surface area (Å²) in [5.74, 6) is -1.48. The van der Waals surface area contributed by atoms with E-state index in [4.69, 9.17) is 5.11 Å². The standard InChI is InChI=1S/C24H21F3N4O4/c1-31(2)20-12-19(30-23(34)35)18(11-16(20)24(25,26)27)29-22(33)13-21(32)15-7-5-6-14(10-15)17-8-3-4-9-28-17/h3-12,30H,13H2,1-2H3,(H,29,33)(H,34,35). The molecule has 35 heavy (non-hydrogen) atoms. The summed E-state index contributed by atoms with van der Waals surface area (Å²) in [6, 6.07) is 13.3. The van der Waals surface area contributed by atoms with Crippen molar-refractivity contribution in [1.82, 2.24) is 4.98 Å². The normalized spacial score (nSPS) is 11.0. The van der Waals surface area contributed by atoms with Crippen LogP contribution in [0, 0.1) is 0 Å². The largest absolute Gasteiger partial charge is 0.465 e. The predicted molar refractivity (Wildman–Crippen MR) is 125 cm³/mol. The Hall–Kier alpha value is -4.41. The Morgan fingerprint density at radius 3 is 2.29 bits per heavy atom. The van der Waals surface area contributed by atoms with Crippen LogP contribution in [-0.2, 0) is 11.0 Å². The van der Waals surface area contributed by atoms with Crippen molar-refractivity contribution in [3.8, 4) is 11.3 Å². The molecule has 0 fully saturated rings. The van der Waals surface area contributed by atoms with Gasteiger partial charge in [0.2, 0.25) is 5.91 Å². The molecule has 1 aromatic heterocycles. The quantitative estimate of drug-likeness (QED) is 0.315. The summed E-state index contributed by atoms with van der Waals surface area (Å²) in [6.07, 6.45) is -5.39. The minimum absolute atomic E-state index is 0.214. The topological polar surface area (TPSA) is 112 Å². The van der Waals surface area contributed by atoms with Crippen LogP contribution in [-0.4, -0.2) is 42.0 Å². The zero-order valence-corrected chi connectivity index (χ0v) is 18.7. The number of Topliss-reactive ketones (excluding diaryl/α,β-unsaturated/α-hetero) is 1. The molecule has 8 nitrogen and oxygen atoms in total. The Morgan fingerprint density at radius 2 is 1.69 bits per heavy atom. The number of pyridine rings is 1. The summed E-state index contributed by atoms with van der Waals surface area (Å²) in [4.78, 5) is 41.8. The molecule has 0 bridgehead atoms. The van der Waals surface area contributed by atoms with Gasteiger partial charge < -0.3 is 15.3 Å². The number of halogens is 3. The van der Waals surface area contributed by atoms with E-state index in [0.717, 1.165) is 6.07 Å². The van der Waals surface area contributed by atoms with E-state index >= 15 is 0 Å². The molecule has 0 spiro atoms. The fourth-order valence-corrected chi connectivity index (χ4v) is 3.34. The maximum absolute atomic E-state index is 13.6. The van der Waals surface area contributed by atoms with Crippen molar-refractivity contribution in [3.63, 3.8) is 0 Å². The smallest absolute Gasteiger partial charge is 0.418 e. The highest BCUT2D eigenvalue weighted by Gasteiger charge is 2.35. The van der Waals surface area contributed by atoms with Crippen LogP contribution in [0.4, 0.5) is 35.0 Å².